The molecule has 2 heteroatoms. The molecule has 1 rings (SSSR count). The Morgan fingerprint density at radius 3 is 1.90 bits per heavy atom. The van der Waals surface area contributed by atoms with Gasteiger partial charge in [0, 0.05) is 38.3 Å². The van der Waals surface area contributed by atoms with Crippen LogP contribution in [0.1, 0.15) is 10.4 Å². The number of hydrogen-bond acceptors (Lipinski definition) is 1. The maximum Gasteiger partial charge on any atom is 0.150 e. The van der Waals surface area contributed by atoms with Crippen molar-refractivity contribution < 1.29 is 37.5 Å². The second-order valence-electron chi connectivity index (χ2n) is 1.53. The third-order valence-corrected chi connectivity index (χ3v) is 0.936. The number of carbonyl (C=O) groups excluding carboxylic acids is 1. The van der Waals surface area contributed by atoms with Gasteiger partial charge in [0.25, 0.3) is 0 Å². The molecule has 0 aliphatic rings. The Balaban J connectivity index is 0. The van der Waals surface area contributed by atoms with Crippen molar-refractivity contribution in [3.8, 4) is 0 Å². The number of rotatable bonds is 1. The largest absolute Gasteiger partial charge is 0.358 e. The molecule has 0 bridgehead atoms. The number of hydrogen-bond donors (Lipinski definition) is 0. The van der Waals surface area contributed by atoms with E-state index in [1.54, 1.807) is 12.1 Å². The summed E-state index contributed by atoms with van der Waals surface area (Å²) in [5.41, 5.74) is 0.729. The molecule has 1 aromatic rings. The third-order valence-electron chi connectivity index (χ3n) is 0.936. The first kappa shape index (κ1) is 12.7. The van der Waals surface area contributed by atoms with Gasteiger partial charge < -0.3 is 7.43 Å². The van der Waals surface area contributed by atoms with Crippen LogP contribution in [0.5, 0.6) is 0 Å². The molecule has 0 aliphatic heterocycles. The molecule has 0 aromatic heterocycles. The molecule has 0 spiro atoms. The first-order valence-electron chi connectivity index (χ1n) is 2.44. The standard InChI is InChI=1S/C7H6O.CH3.Y/c8-6-7-4-2-1-3-5-7;;/h1-6H;1H3;/q;-1;. The first-order valence-corrected chi connectivity index (χ1v) is 2.44. The fourth-order valence-electron chi connectivity index (χ4n) is 0.532. The Hall–Kier alpha value is -0.00610. The van der Waals surface area contributed by atoms with E-state index in [-0.39, 0.29) is 40.1 Å². The molecule has 10 heavy (non-hydrogen) atoms. The van der Waals surface area contributed by atoms with Crippen molar-refractivity contribution in [2.45, 2.75) is 0 Å². The van der Waals surface area contributed by atoms with Crippen LogP contribution >= 0.6 is 0 Å². The fourth-order valence-corrected chi connectivity index (χ4v) is 0.532. The van der Waals surface area contributed by atoms with Gasteiger partial charge in [-0.3, -0.25) is 4.79 Å². The molecular formula is C8H9OY-. The van der Waals surface area contributed by atoms with Crippen LogP contribution in [-0.2, 0) is 32.7 Å². The van der Waals surface area contributed by atoms with Crippen LogP contribution in [0.4, 0.5) is 0 Å². The summed E-state index contributed by atoms with van der Waals surface area (Å²) in [5, 5.41) is 0. The summed E-state index contributed by atoms with van der Waals surface area (Å²) in [6.45, 7) is 0. The van der Waals surface area contributed by atoms with Crippen LogP contribution in [0.2, 0.25) is 0 Å². The molecule has 0 atom stereocenters. The molecule has 0 unspecified atom stereocenters. The summed E-state index contributed by atoms with van der Waals surface area (Å²) in [7, 11) is 0. The van der Waals surface area contributed by atoms with Crippen LogP contribution in [0.3, 0.4) is 0 Å². The number of benzene rings is 1. The Morgan fingerprint density at radius 1 is 1.10 bits per heavy atom. The smallest absolute Gasteiger partial charge is 0.150 e. The van der Waals surface area contributed by atoms with Crippen LogP contribution in [0.15, 0.2) is 30.3 Å². The Bertz CT molecular complexity index is 172. The zero-order chi connectivity index (χ0) is 5.82. The third kappa shape index (κ3) is 3.91. The van der Waals surface area contributed by atoms with E-state index in [0.29, 0.717) is 0 Å². The molecule has 0 fully saturated rings. The van der Waals surface area contributed by atoms with Gasteiger partial charge in [-0.2, -0.15) is 0 Å². The topological polar surface area (TPSA) is 17.1 Å². The zero-order valence-electron chi connectivity index (χ0n) is 5.95. The Labute approximate surface area is 86.7 Å². The van der Waals surface area contributed by atoms with E-state index in [2.05, 4.69) is 0 Å². The second kappa shape index (κ2) is 7.11. The van der Waals surface area contributed by atoms with Gasteiger partial charge in [0.1, 0.15) is 6.29 Å². The molecule has 0 saturated carbocycles. The Morgan fingerprint density at radius 2 is 1.60 bits per heavy atom. The van der Waals surface area contributed by atoms with Gasteiger partial charge in [-0.05, 0) is 0 Å². The summed E-state index contributed by atoms with van der Waals surface area (Å²) in [5.74, 6) is 0. The molecule has 0 saturated heterocycles. The van der Waals surface area contributed by atoms with Gasteiger partial charge >= 0.3 is 0 Å². The van der Waals surface area contributed by atoms with Gasteiger partial charge in [-0.25, -0.2) is 0 Å². The average molecular weight is 210 g/mol. The second-order valence-corrected chi connectivity index (χ2v) is 1.53. The van der Waals surface area contributed by atoms with Crippen molar-refractivity contribution >= 4 is 6.29 Å². The molecule has 0 N–H and O–H groups in total. The monoisotopic (exact) mass is 210 g/mol. The van der Waals surface area contributed by atoms with Gasteiger partial charge in [0.15, 0.2) is 0 Å². The van der Waals surface area contributed by atoms with E-state index in [0.717, 1.165) is 11.8 Å². The van der Waals surface area contributed by atoms with Crippen LogP contribution in [0.25, 0.3) is 0 Å². The van der Waals surface area contributed by atoms with Crippen molar-refractivity contribution in [1.82, 2.24) is 0 Å². The molecule has 1 nitrogen and oxygen atoms in total. The van der Waals surface area contributed by atoms with E-state index in [9.17, 15) is 4.79 Å². The minimum Gasteiger partial charge on any atom is -0.358 e. The minimum absolute atomic E-state index is 0. The number of carbonyl (C=O) groups is 1. The summed E-state index contributed by atoms with van der Waals surface area (Å²) in [6.07, 6.45) is 0.833. The first-order chi connectivity index (χ1) is 3.93. The maximum absolute atomic E-state index is 10.0. The Kier molecular flexibility index (Phi) is 8.99. The summed E-state index contributed by atoms with van der Waals surface area (Å²) < 4.78 is 0. The normalized spacial score (nSPS) is 6.80. The van der Waals surface area contributed by atoms with Crippen LogP contribution in [0, 0.1) is 7.43 Å². The van der Waals surface area contributed by atoms with Crippen LogP contribution < -0.4 is 0 Å². The summed E-state index contributed by atoms with van der Waals surface area (Å²) in [4.78, 5) is 10.0. The fraction of sp³-hybridized carbons (Fsp3) is 0. The zero-order valence-corrected chi connectivity index (χ0v) is 8.79. The predicted molar refractivity (Wildman–Crippen MR) is 38.2 cm³/mol. The summed E-state index contributed by atoms with van der Waals surface area (Å²) in [6, 6.07) is 9.10. The summed E-state index contributed by atoms with van der Waals surface area (Å²) >= 11 is 0. The van der Waals surface area contributed by atoms with Gasteiger partial charge in [0.05, 0.1) is 0 Å². The molecule has 1 aromatic carbocycles. The minimum atomic E-state index is 0. The van der Waals surface area contributed by atoms with Gasteiger partial charge in [-0.1, -0.05) is 30.3 Å². The SMILES string of the molecule is O=Cc1ccccc1.[CH3-].[Y]. The van der Waals surface area contributed by atoms with Crippen molar-refractivity contribution in [3.63, 3.8) is 0 Å². The molecule has 1 radical (unpaired) electrons. The maximum atomic E-state index is 10.0. The average Bonchev–Trinajstić information content (AvgIpc) is 1.90. The molecule has 0 amide bonds. The predicted octanol–water partition coefficient (Wildman–Crippen LogP) is 1.95. The quantitative estimate of drug-likeness (QED) is 0.511. The van der Waals surface area contributed by atoms with E-state index >= 15 is 0 Å². The van der Waals surface area contributed by atoms with Crippen LogP contribution in [-0.4, -0.2) is 6.29 Å². The van der Waals surface area contributed by atoms with Crippen molar-refractivity contribution in [3.05, 3.63) is 43.3 Å². The number of aldehydes is 1. The van der Waals surface area contributed by atoms with Crippen molar-refractivity contribution in [1.29, 1.82) is 0 Å². The van der Waals surface area contributed by atoms with E-state index in [1.807, 2.05) is 18.2 Å². The molecular weight excluding hydrogens is 201 g/mol. The van der Waals surface area contributed by atoms with Crippen molar-refractivity contribution in [2.75, 3.05) is 0 Å². The molecule has 0 aliphatic carbocycles. The van der Waals surface area contributed by atoms with E-state index in [1.165, 1.54) is 0 Å². The van der Waals surface area contributed by atoms with Gasteiger partial charge in [0.2, 0.25) is 0 Å². The van der Waals surface area contributed by atoms with E-state index < -0.39 is 0 Å². The van der Waals surface area contributed by atoms with Gasteiger partial charge in [-0.15, -0.1) is 0 Å². The molecule has 51 valence electrons. The molecule has 0 heterocycles. The van der Waals surface area contributed by atoms with Crippen molar-refractivity contribution in [2.24, 2.45) is 0 Å². The van der Waals surface area contributed by atoms with E-state index in [4.69, 9.17) is 0 Å².